The van der Waals surface area contributed by atoms with Gasteiger partial charge in [0.1, 0.15) is 12.4 Å². The van der Waals surface area contributed by atoms with Crippen LogP contribution in [0.3, 0.4) is 0 Å². The molecule has 1 aliphatic carbocycles. The smallest absolute Gasteiger partial charge is 0.407 e. The minimum Gasteiger partial charge on any atom is -0.446 e. The average molecular weight is 227 g/mol. The Hall–Kier alpha value is -1.06. The molecule has 1 amide bonds. The third-order valence-electron chi connectivity index (χ3n) is 2.91. The molecule has 1 aliphatic rings. The molecule has 0 unspecified atom stereocenters. The Kier molecular flexibility index (Phi) is 5.90. The van der Waals surface area contributed by atoms with E-state index in [2.05, 4.69) is 12.2 Å². The van der Waals surface area contributed by atoms with E-state index in [1.807, 2.05) is 0 Å². The lowest BCUT2D eigenvalue weighted by Gasteiger charge is -2.15. The summed E-state index contributed by atoms with van der Waals surface area (Å²) >= 11 is 0. The van der Waals surface area contributed by atoms with E-state index in [1.165, 1.54) is 0 Å². The molecule has 1 rings (SSSR count). The zero-order chi connectivity index (χ0) is 11.8. The summed E-state index contributed by atoms with van der Waals surface area (Å²) in [5.41, 5.74) is 0. The van der Waals surface area contributed by atoms with Gasteiger partial charge < -0.3 is 14.8 Å². The Morgan fingerprint density at radius 1 is 1.50 bits per heavy atom. The van der Waals surface area contributed by atoms with Crippen LogP contribution in [0.4, 0.5) is 4.79 Å². The molecule has 1 N–H and O–H groups in total. The van der Waals surface area contributed by atoms with Crippen LogP contribution in [-0.4, -0.2) is 24.5 Å². The van der Waals surface area contributed by atoms with Gasteiger partial charge in [-0.2, -0.15) is 0 Å². The standard InChI is InChI=1S/C12H21NO3/c1-2-3-6-10(9-14)13-12(15)16-11-7-4-5-8-11/h9-11H,2-8H2,1H3,(H,13,15)/t10-/m0/s1. The molecule has 0 spiro atoms. The minimum absolute atomic E-state index is 0.0541. The quantitative estimate of drug-likeness (QED) is 0.709. The van der Waals surface area contributed by atoms with Crippen LogP contribution in [0.25, 0.3) is 0 Å². The van der Waals surface area contributed by atoms with Gasteiger partial charge in [0.05, 0.1) is 6.04 Å². The third-order valence-corrected chi connectivity index (χ3v) is 2.91. The maximum Gasteiger partial charge on any atom is 0.407 e. The van der Waals surface area contributed by atoms with Crippen LogP contribution in [0, 0.1) is 0 Å². The topological polar surface area (TPSA) is 55.4 Å². The maximum atomic E-state index is 11.4. The summed E-state index contributed by atoms with van der Waals surface area (Å²) in [6, 6.07) is -0.395. The van der Waals surface area contributed by atoms with E-state index >= 15 is 0 Å². The van der Waals surface area contributed by atoms with Crippen LogP contribution < -0.4 is 5.32 Å². The van der Waals surface area contributed by atoms with Crippen LogP contribution in [0.2, 0.25) is 0 Å². The summed E-state index contributed by atoms with van der Waals surface area (Å²) in [5.74, 6) is 0. The summed E-state index contributed by atoms with van der Waals surface area (Å²) in [4.78, 5) is 22.2. The number of aldehydes is 1. The molecule has 0 aromatic heterocycles. The number of hydrogen-bond acceptors (Lipinski definition) is 3. The van der Waals surface area contributed by atoms with Crippen molar-refractivity contribution in [2.45, 2.75) is 64.0 Å². The zero-order valence-corrected chi connectivity index (χ0v) is 9.91. The van der Waals surface area contributed by atoms with Gasteiger partial charge >= 0.3 is 6.09 Å². The highest BCUT2D eigenvalue weighted by atomic mass is 16.6. The maximum absolute atomic E-state index is 11.4. The van der Waals surface area contributed by atoms with Gasteiger partial charge in [-0.3, -0.25) is 0 Å². The lowest BCUT2D eigenvalue weighted by Crippen LogP contribution is -2.37. The lowest BCUT2D eigenvalue weighted by atomic mass is 10.1. The van der Waals surface area contributed by atoms with E-state index < -0.39 is 12.1 Å². The molecule has 0 aliphatic heterocycles. The van der Waals surface area contributed by atoms with Crippen molar-refractivity contribution in [2.24, 2.45) is 0 Å². The van der Waals surface area contributed by atoms with Crippen LogP contribution >= 0.6 is 0 Å². The van der Waals surface area contributed by atoms with Gasteiger partial charge in [0.15, 0.2) is 0 Å². The Labute approximate surface area is 96.7 Å². The first-order valence-electron chi connectivity index (χ1n) is 6.18. The van der Waals surface area contributed by atoms with Gasteiger partial charge in [-0.15, -0.1) is 0 Å². The zero-order valence-electron chi connectivity index (χ0n) is 9.91. The number of amides is 1. The first kappa shape index (κ1) is 13.0. The number of unbranched alkanes of at least 4 members (excludes halogenated alkanes) is 1. The number of rotatable bonds is 6. The molecular formula is C12H21NO3. The minimum atomic E-state index is -0.444. The molecule has 16 heavy (non-hydrogen) atoms. The highest BCUT2D eigenvalue weighted by Crippen LogP contribution is 2.20. The first-order valence-corrected chi connectivity index (χ1v) is 6.18. The van der Waals surface area contributed by atoms with Gasteiger partial charge in [0.2, 0.25) is 0 Å². The van der Waals surface area contributed by atoms with Gasteiger partial charge in [-0.25, -0.2) is 4.79 Å². The Balaban J connectivity index is 2.22. The Morgan fingerprint density at radius 2 is 2.19 bits per heavy atom. The van der Waals surface area contributed by atoms with Crippen molar-refractivity contribution in [1.29, 1.82) is 0 Å². The van der Waals surface area contributed by atoms with Crippen LogP contribution in [-0.2, 0) is 9.53 Å². The van der Waals surface area contributed by atoms with E-state index in [0.29, 0.717) is 6.42 Å². The largest absolute Gasteiger partial charge is 0.446 e. The van der Waals surface area contributed by atoms with Crippen molar-refractivity contribution in [2.75, 3.05) is 0 Å². The summed E-state index contributed by atoms with van der Waals surface area (Å²) in [7, 11) is 0. The lowest BCUT2D eigenvalue weighted by molar-refractivity contribution is -0.109. The van der Waals surface area contributed by atoms with E-state index in [0.717, 1.165) is 44.8 Å². The van der Waals surface area contributed by atoms with Gasteiger partial charge in [-0.05, 0) is 32.1 Å². The number of ether oxygens (including phenoxy) is 1. The molecule has 4 heteroatoms. The van der Waals surface area contributed by atoms with E-state index in [4.69, 9.17) is 4.74 Å². The SMILES string of the molecule is CCCC[C@@H](C=O)NC(=O)OC1CCCC1. The van der Waals surface area contributed by atoms with E-state index in [1.54, 1.807) is 0 Å². The highest BCUT2D eigenvalue weighted by molar-refractivity contribution is 5.73. The van der Waals surface area contributed by atoms with Gasteiger partial charge in [-0.1, -0.05) is 19.8 Å². The van der Waals surface area contributed by atoms with Crippen LogP contribution in [0.1, 0.15) is 51.9 Å². The fourth-order valence-electron chi connectivity index (χ4n) is 1.94. The van der Waals surface area contributed by atoms with E-state index in [9.17, 15) is 9.59 Å². The Morgan fingerprint density at radius 3 is 2.75 bits per heavy atom. The summed E-state index contributed by atoms with van der Waals surface area (Å²) in [6.07, 6.45) is 7.21. The molecule has 0 radical (unpaired) electrons. The fraction of sp³-hybridized carbons (Fsp3) is 0.833. The first-order chi connectivity index (χ1) is 7.76. The number of carbonyl (C=O) groups is 2. The summed E-state index contributed by atoms with van der Waals surface area (Å²) in [5, 5.41) is 2.60. The predicted octanol–water partition coefficient (Wildman–Crippen LogP) is 2.41. The van der Waals surface area contributed by atoms with Crippen molar-refractivity contribution >= 4 is 12.4 Å². The predicted molar refractivity (Wildman–Crippen MR) is 61.2 cm³/mol. The van der Waals surface area contributed by atoms with E-state index in [-0.39, 0.29) is 6.10 Å². The molecule has 1 fully saturated rings. The van der Waals surface area contributed by atoms with Crippen LogP contribution in [0.5, 0.6) is 0 Å². The number of alkyl carbamates (subject to hydrolysis) is 1. The fourth-order valence-corrected chi connectivity index (χ4v) is 1.94. The monoisotopic (exact) mass is 227 g/mol. The summed E-state index contributed by atoms with van der Waals surface area (Å²) < 4.78 is 5.21. The number of hydrogen-bond donors (Lipinski definition) is 1. The van der Waals surface area contributed by atoms with Crippen molar-refractivity contribution in [3.05, 3.63) is 0 Å². The van der Waals surface area contributed by atoms with Crippen molar-refractivity contribution in [3.8, 4) is 0 Å². The third kappa shape index (κ3) is 4.64. The van der Waals surface area contributed by atoms with Gasteiger partial charge in [0.25, 0.3) is 0 Å². The molecule has 92 valence electrons. The van der Waals surface area contributed by atoms with Gasteiger partial charge in [0, 0.05) is 0 Å². The molecule has 1 atom stereocenters. The second kappa shape index (κ2) is 7.25. The van der Waals surface area contributed by atoms with Crippen molar-refractivity contribution in [3.63, 3.8) is 0 Å². The molecule has 0 aromatic carbocycles. The molecular weight excluding hydrogens is 206 g/mol. The molecule has 0 bridgehead atoms. The molecule has 1 saturated carbocycles. The normalized spacial score (nSPS) is 18.1. The van der Waals surface area contributed by atoms with Crippen molar-refractivity contribution < 1.29 is 14.3 Å². The molecule has 0 heterocycles. The van der Waals surface area contributed by atoms with Crippen LogP contribution in [0.15, 0.2) is 0 Å². The number of nitrogens with one attached hydrogen (secondary N) is 1. The molecule has 4 nitrogen and oxygen atoms in total. The molecule has 0 aromatic rings. The summed E-state index contributed by atoms with van der Waals surface area (Å²) in [6.45, 7) is 2.05. The highest BCUT2D eigenvalue weighted by Gasteiger charge is 2.20. The number of carbonyl (C=O) groups excluding carboxylic acids is 2. The second-order valence-electron chi connectivity index (χ2n) is 4.34. The van der Waals surface area contributed by atoms with Crippen molar-refractivity contribution in [1.82, 2.24) is 5.32 Å². The second-order valence-corrected chi connectivity index (χ2v) is 4.34. The average Bonchev–Trinajstić information content (AvgIpc) is 2.76. The molecule has 0 saturated heterocycles. The Bertz CT molecular complexity index is 224.